The summed E-state index contributed by atoms with van der Waals surface area (Å²) in [5, 5.41) is 2.32. The Bertz CT molecular complexity index is 1050. The van der Waals surface area contributed by atoms with Crippen LogP contribution in [0, 0.1) is 0 Å². The van der Waals surface area contributed by atoms with Crippen molar-refractivity contribution in [3.05, 3.63) is 28.7 Å². The van der Waals surface area contributed by atoms with Crippen molar-refractivity contribution in [3.8, 4) is 0 Å². The Morgan fingerprint density at radius 3 is 2.31 bits per heavy atom. The molecule has 29 heavy (non-hydrogen) atoms. The van der Waals surface area contributed by atoms with E-state index in [4.69, 9.17) is 9.31 Å². The second-order valence-corrected chi connectivity index (χ2v) is 8.51. The zero-order valence-corrected chi connectivity index (χ0v) is 20.2. The van der Waals surface area contributed by atoms with Crippen LogP contribution in [-0.4, -0.2) is 39.3 Å². The monoisotopic (exact) mass is 476 g/mol. The third-order valence-electron chi connectivity index (χ3n) is 6.16. The van der Waals surface area contributed by atoms with E-state index in [0.717, 1.165) is 5.46 Å². The van der Waals surface area contributed by atoms with Gasteiger partial charge in [-0.3, -0.25) is 24.0 Å². The molecule has 1 unspecified atom stereocenters. The molecule has 3 heterocycles. The summed E-state index contributed by atoms with van der Waals surface area (Å²) in [6.07, 6.45) is 0.522. The van der Waals surface area contributed by atoms with E-state index < -0.39 is 30.3 Å². The molecule has 153 valence electrons. The summed E-state index contributed by atoms with van der Waals surface area (Å²) in [7, 11) is 1.13. The number of nitrogens with one attached hydrogen (secondary N) is 1. The number of rotatable bonds is 2. The van der Waals surface area contributed by atoms with Gasteiger partial charge in [0.15, 0.2) is 0 Å². The number of piperidine rings is 1. The summed E-state index contributed by atoms with van der Waals surface area (Å²) < 4.78 is 15.2. The van der Waals surface area contributed by atoms with Crippen molar-refractivity contribution in [2.24, 2.45) is 7.05 Å². The van der Waals surface area contributed by atoms with E-state index in [1.165, 1.54) is 9.13 Å². The summed E-state index contributed by atoms with van der Waals surface area (Å²) in [5.41, 5.74) is 0.913. The molecule has 2 aliphatic heterocycles. The predicted molar refractivity (Wildman–Crippen MR) is 106 cm³/mol. The Kier molecular flexibility index (Phi) is 5.75. The van der Waals surface area contributed by atoms with E-state index in [1.54, 1.807) is 13.1 Å². The van der Waals surface area contributed by atoms with Gasteiger partial charge in [-0.05, 0) is 51.7 Å². The van der Waals surface area contributed by atoms with Crippen LogP contribution in [0.4, 0.5) is 0 Å². The fourth-order valence-corrected chi connectivity index (χ4v) is 3.74. The number of imide groups is 1. The molecule has 1 aromatic carbocycles. The average molecular weight is 476 g/mol. The van der Waals surface area contributed by atoms with Gasteiger partial charge in [0.1, 0.15) is 6.04 Å². The molecule has 0 bridgehead atoms. The van der Waals surface area contributed by atoms with Crippen LogP contribution in [0.3, 0.4) is 0 Å². The molecule has 2 aromatic rings. The van der Waals surface area contributed by atoms with Crippen molar-refractivity contribution >= 4 is 35.4 Å². The number of fused-ring (bicyclic) bond motifs is 1. The SMILES string of the molecule is Cn1c(=O)n(C2CCC(=O)NC2=O)c2ccc(B3OC(C)(C)C(C)(C)O3)cc21.[HH].[Y]. The van der Waals surface area contributed by atoms with Gasteiger partial charge in [0.05, 0.1) is 22.2 Å². The first kappa shape index (κ1) is 22.4. The van der Waals surface area contributed by atoms with Crippen LogP contribution in [0.2, 0.25) is 0 Å². The van der Waals surface area contributed by atoms with Gasteiger partial charge in [-0.2, -0.15) is 0 Å². The van der Waals surface area contributed by atoms with Gasteiger partial charge in [0, 0.05) is 47.6 Å². The number of hydrogen-bond donors (Lipinski definition) is 1. The Balaban J connectivity index is 0.00000160. The van der Waals surface area contributed by atoms with E-state index in [9.17, 15) is 14.4 Å². The second-order valence-electron chi connectivity index (χ2n) is 8.51. The third-order valence-corrected chi connectivity index (χ3v) is 6.16. The Morgan fingerprint density at radius 2 is 1.72 bits per heavy atom. The number of aryl methyl sites for hydroxylation is 1. The van der Waals surface area contributed by atoms with Crippen LogP contribution in [0.15, 0.2) is 23.0 Å². The van der Waals surface area contributed by atoms with Crippen LogP contribution in [0.1, 0.15) is 48.0 Å². The van der Waals surface area contributed by atoms with E-state index in [1.807, 2.05) is 39.8 Å². The number of carbonyl (C=O) groups is 2. The van der Waals surface area contributed by atoms with E-state index in [0.29, 0.717) is 17.5 Å². The van der Waals surface area contributed by atoms with Crippen molar-refractivity contribution in [2.45, 2.75) is 57.8 Å². The van der Waals surface area contributed by atoms with Crippen LogP contribution < -0.4 is 16.5 Å². The largest absolute Gasteiger partial charge is 0.494 e. The molecule has 4 rings (SSSR count). The predicted octanol–water partition coefficient (Wildman–Crippen LogP) is 0.860. The molecule has 8 nitrogen and oxygen atoms in total. The Hall–Kier alpha value is -1.28. The van der Waals surface area contributed by atoms with Crippen molar-refractivity contribution < 1.29 is 53.0 Å². The maximum Gasteiger partial charge on any atom is 0.494 e. The minimum absolute atomic E-state index is 0. The van der Waals surface area contributed by atoms with Crippen LogP contribution >= 0.6 is 0 Å². The molecule has 0 saturated carbocycles. The molecule has 2 aliphatic rings. The van der Waals surface area contributed by atoms with E-state index in [2.05, 4.69) is 5.32 Å². The van der Waals surface area contributed by atoms with Crippen molar-refractivity contribution in [1.82, 2.24) is 14.5 Å². The topological polar surface area (TPSA) is 91.6 Å². The molecule has 1 atom stereocenters. The van der Waals surface area contributed by atoms with Gasteiger partial charge in [-0.15, -0.1) is 0 Å². The Labute approximate surface area is 195 Å². The van der Waals surface area contributed by atoms with Gasteiger partial charge in [-0.1, -0.05) is 6.07 Å². The molecule has 1 aromatic heterocycles. The second kappa shape index (κ2) is 7.45. The van der Waals surface area contributed by atoms with Crippen LogP contribution in [-0.2, 0) is 58.7 Å². The van der Waals surface area contributed by atoms with Crippen molar-refractivity contribution in [2.75, 3.05) is 0 Å². The molecule has 0 spiro atoms. The number of nitrogens with zero attached hydrogens (tertiary/aromatic N) is 2. The minimum Gasteiger partial charge on any atom is -0.399 e. The standard InChI is InChI=1S/C19H24BN3O5.Y.H2/c1-18(2)19(3,4)28-20(27-18)11-6-7-12-14(10-11)22(5)17(26)23(12)13-8-9-15(24)21-16(13)25;;/h6-7,10,13H,8-9H2,1-5H3,(H,21,24,25);;1H. The number of imidazole rings is 1. The number of aromatic nitrogens is 2. The number of carbonyl (C=O) groups excluding carboxylic acids is 2. The van der Waals surface area contributed by atoms with Crippen LogP contribution in [0.25, 0.3) is 11.0 Å². The first-order valence-corrected chi connectivity index (χ1v) is 9.42. The molecular formula is C19H26BN3O5Y. The molecule has 2 saturated heterocycles. The van der Waals surface area contributed by atoms with Gasteiger partial charge >= 0.3 is 12.8 Å². The molecule has 1 radical (unpaired) electrons. The van der Waals surface area contributed by atoms with Gasteiger partial charge in [-0.25, -0.2) is 4.79 Å². The zero-order valence-electron chi connectivity index (χ0n) is 17.3. The molecule has 10 heteroatoms. The smallest absolute Gasteiger partial charge is 0.399 e. The fraction of sp³-hybridized carbons (Fsp3) is 0.526. The van der Waals surface area contributed by atoms with E-state index in [-0.39, 0.29) is 52.2 Å². The molecular weight excluding hydrogens is 450 g/mol. The van der Waals surface area contributed by atoms with Crippen molar-refractivity contribution in [3.63, 3.8) is 0 Å². The first-order chi connectivity index (χ1) is 13.0. The third kappa shape index (κ3) is 3.56. The number of benzene rings is 1. The van der Waals surface area contributed by atoms with Gasteiger partial charge < -0.3 is 9.31 Å². The first-order valence-electron chi connectivity index (χ1n) is 9.42. The zero-order chi connectivity index (χ0) is 20.4. The quantitative estimate of drug-likeness (QED) is 0.513. The summed E-state index contributed by atoms with van der Waals surface area (Å²) >= 11 is 0. The summed E-state index contributed by atoms with van der Waals surface area (Å²) in [4.78, 5) is 36.6. The molecule has 2 amide bonds. The maximum atomic E-state index is 12.9. The van der Waals surface area contributed by atoms with Crippen LogP contribution in [0.5, 0.6) is 0 Å². The van der Waals surface area contributed by atoms with Gasteiger partial charge in [0.25, 0.3) is 0 Å². The molecule has 2 fully saturated rings. The summed E-state index contributed by atoms with van der Waals surface area (Å²) in [6, 6.07) is 4.82. The average Bonchev–Trinajstić information content (AvgIpc) is 2.98. The summed E-state index contributed by atoms with van der Waals surface area (Å²) in [5.74, 6) is -0.751. The Morgan fingerprint density at radius 1 is 1.10 bits per heavy atom. The minimum atomic E-state index is -0.698. The number of amides is 2. The molecule has 1 N–H and O–H groups in total. The summed E-state index contributed by atoms with van der Waals surface area (Å²) in [6.45, 7) is 7.95. The normalized spacial score (nSPS) is 23.2. The van der Waals surface area contributed by atoms with Crippen molar-refractivity contribution in [1.29, 1.82) is 0 Å². The van der Waals surface area contributed by atoms with E-state index >= 15 is 0 Å². The molecule has 0 aliphatic carbocycles. The number of hydrogen-bond acceptors (Lipinski definition) is 5. The maximum absolute atomic E-state index is 12.9. The van der Waals surface area contributed by atoms with Gasteiger partial charge in [0.2, 0.25) is 11.8 Å². The fourth-order valence-electron chi connectivity index (χ4n) is 3.74.